The summed E-state index contributed by atoms with van der Waals surface area (Å²) in [5, 5.41) is 0. The van der Waals surface area contributed by atoms with Crippen molar-refractivity contribution in [3.8, 4) is 0 Å². The molecule has 1 aliphatic carbocycles. The van der Waals surface area contributed by atoms with Crippen LogP contribution in [0.3, 0.4) is 0 Å². The van der Waals surface area contributed by atoms with E-state index in [4.69, 9.17) is 14.2 Å². The van der Waals surface area contributed by atoms with Gasteiger partial charge in [-0.05, 0) is 71.6 Å². The second-order valence-electron chi connectivity index (χ2n) is 12.8. The van der Waals surface area contributed by atoms with Crippen molar-refractivity contribution < 1.29 is 23.8 Å². The molecule has 3 atom stereocenters. The summed E-state index contributed by atoms with van der Waals surface area (Å²) < 4.78 is 18.1. The summed E-state index contributed by atoms with van der Waals surface area (Å²) in [6.07, 6.45) is 9.23. The van der Waals surface area contributed by atoms with E-state index >= 15 is 0 Å². The Morgan fingerprint density at radius 3 is 2.26 bits per heavy atom. The van der Waals surface area contributed by atoms with Crippen LogP contribution < -0.4 is 0 Å². The first-order valence-corrected chi connectivity index (χ1v) is 13.1. The standard InChI is InChI=1S/C28H49NO5/c1-10-11-17-21(19-26(2,3)4)32-24(30)23-22(18-20-15-13-12-14-16-20)29(28(8,9)33-23)25(31)34-27(5,6)7/h10,20-23H,1,11-19H2,2-9H3/t21?,22-,23+/m0/s1. The summed E-state index contributed by atoms with van der Waals surface area (Å²) in [6.45, 7) is 19.5. The first-order valence-electron chi connectivity index (χ1n) is 13.1. The Morgan fingerprint density at radius 2 is 1.74 bits per heavy atom. The molecule has 1 heterocycles. The van der Waals surface area contributed by atoms with E-state index in [2.05, 4.69) is 27.4 Å². The monoisotopic (exact) mass is 479 g/mol. The minimum absolute atomic E-state index is 0.0198. The molecule has 1 saturated carbocycles. The molecule has 0 aromatic rings. The molecule has 0 aromatic heterocycles. The number of ether oxygens (including phenoxy) is 3. The molecule has 6 heteroatoms. The first-order chi connectivity index (χ1) is 15.6. The van der Waals surface area contributed by atoms with E-state index in [9.17, 15) is 9.59 Å². The third-order valence-corrected chi connectivity index (χ3v) is 6.61. The lowest BCUT2D eigenvalue weighted by molar-refractivity contribution is -0.168. The SMILES string of the molecule is C=CCCC(CC(C)(C)C)OC(=O)[C@@H]1OC(C)(C)N(C(=O)OC(C)(C)C)[C@H]1CC1CCCCC1. The van der Waals surface area contributed by atoms with Crippen molar-refractivity contribution in [2.75, 3.05) is 0 Å². The molecule has 196 valence electrons. The molecular weight excluding hydrogens is 430 g/mol. The number of allylic oxidation sites excluding steroid dienone is 1. The number of carbonyl (C=O) groups excluding carboxylic acids is 2. The van der Waals surface area contributed by atoms with Crippen molar-refractivity contribution in [1.82, 2.24) is 4.90 Å². The van der Waals surface area contributed by atoms with Crippen molar-refractivity contribution in [3.63, 3.8) is 0 Å². The van der Waals surface area contributed by atoms with Crippen LogP contribution in [0.25, 0.3) is 0 Å². The number of esters is 1. The van der Waals surface area contributed by atoms with Gasteiger partial charge < -0.3 is 14.2 Å². The van der Waals surface area contributed by atoms with Crippen molar-refractivity contribution >= 4 is 12.1 Å². The zero-order valence-electron chi connectivity index (χ0n) is 22.9. The van der Waals surface area contributed by atoms with Crippen LogP contribution in [-0.2, 0) is 19.0 Å². The van der Waals surface area contributed by atoms with E-state index in [1.54, 1.807) is 4.90 Å². The summed E-state index contributed by atoms with van der Waals surface area (Å²) in [7, 11) is 0. The smallest absolute Gasteiger partial charge is 0.412 e. The molecule has 2 rings (SSSR count). The van der Waals surface area contributed by atoms with Crippen LogP contribution >= 0.6 is 0 Å². The maximum absolute atomic E-state index is 13.5. The van der Waals surface area contributed by atoms with Crippen molar-refractivity contribution in [3.05, 3.63) is 12.7 Å². The largest absolute Gasteiger partial charge is 0.460 e. The van der Waals surface area contributed by atoms with E-state index < -0.39 is 29.6 Å². The van der Waals surface area contributed by atoms with Gasteiger partial charge in [0.15, 0.2) is 6.10 Å². The van der Waals surface area contributed by atoms with Gasteiger partial charge in [-0.25, -0.2) is 9.59 Å². The van der Waals surface area contributed by atoms with Crippen molar-refractivity contribution in [2.24, 2.45) is 11.3 Å². The number of hydrogen-bond acceptors (Lipinski definition) is 5. The van der Waals surface area contributed by atoms with Gasteiger partial charge in [0.25, 0.3) is 0 Å². The zero-order valence-corrected chi connectivity index (χ0v) is 22.9. The number of hydrogen-bond donors (Lipinski definition) is 0. The molecule has 0 aromatic carbocycles. The minimum Gasteiger partial charge on any atom is -0.460 e. The maximum atomic E-state index is 13.5. The fourth-order valence-corrected chi connectivity index (χ4v) is 5.27. The van der Waals surface area contributed by atoms with Gasteiger partial charge in [-0.3, -0.25) is 4.90 Å². The first kappa shape index (κ1) is 28.7. The van der Waals surface area contributed by atoms with E-state index in [1.165, 1.54) is 19.3 Å². The summed E-state index contributed by atoms with van der Waals surface area (Å²) in [6, 6.07) is -0.407. The van der Waals surface area contributed by atoms with Crippen LogP contribution in [0.2, 0.25) is 0 Å². The third-order valence-electron chi connectivity index (χ3n) is 6.61. The predicted molar refractivity (Wildman–Crippen MR) is 135 cm³/mol. The Hall–Kier alpha value is -1.56. The molecule has 0 bridgehead atoms. The topological polar surface area (TPSA) is 65.1 Å². The van der Waals surface area contributed by atoms with Crippen molar-refractivity contribution in [2.45, 2.75) is 143 Å². The van der Waals surface area contributed by atoms with Gasteiger partial charge in [-0.2, -0.15) is 0 Å². The minimum atomic E-state index is -0.966. The lowest BCUT2D eigenvalue weighted by atomic mass is 9.83. The molecular formula is C28H49NO5. The quantitative estimate of drug-likeness (QED) is 0.277. The molecule has 0 N–H and O–H groups in total. The second-order valence-corrected chi connectivity index (χ2v) is 12.8. The number of amides is 1. The highest BCUT2D eigenvalue weighted by Crippen LogP contribution is 2.40. The average Bonchev–Trinajstić information content (AvgIpc) is 2.94. The Kier molecular flexibility index (Phi) is 9.66. The number of carbonyl (C=O) groups is 2. The van der Waals surface area contributed by atoms with Crippen LogP contribution in [0.4, 0.5) is 4.79 Å². The molecule has 0 spiro atoms. The highest BCUT2D eigenvalue weighted by atomic mass is 16.6. The summed E-state index contributed by atoms with van der Waals surface area (Å²) >= 11 is 0. The van der Waals surface area contributed by atoms with Gasteiger partial charge in [0, 0.05) is 0 Å². The second kappa shape index (κ2) is 11.5. The van der Waals surface area contributed by atoms with Crippen LogP contribution in [0.5, 0.6) is 0 Å². The number of rotatable bonds is 8. The van der Waals surface area contributed by atoms with Crippen molar-refractivity contribution in [1.29, 1.82) is 0 Å². The highest BCUT2D eigenvalue weighted by Gasteiger charge is 2.55. The summed E-state index contributed by atoms with van der Waals surface area (Å²) in [4.78, 5) is 28.5. The van der Waals surface area contributed by atoms with Gasteiger partial charge in [0.2, 0.25) is 0 Å². The molecule has 2 aliphatic rings. The lowest BCUT2D eigenvalue weighted by Gasteiger charge is -2.36. The highest BCUT2D eigenvalue weighted by molar-refractivity contribution is 5.79. The molecule has 1 unspecified atom stereocenters. The van der Waals surface area contributed by atoms with Gasteiger partial charge in [-0.15, -0.1) is 6.58 Å². The van der Waals surface area contributed by atoms with Crippen LogP contribution in [0.15, 0.2) is 12.7 Å². The molecule has 1 amide bonds. The third kappa shape index (κ3) is 8.58. The number of nitrogens with zero attached hydrogens (tertiary/aromatic N) is 1. The Balaban J connectivity index is 2.29. The van der Waals surface area contributed by atoms with E-state index in [0.29, 0.717) is 5.92 Å². The molecule has 0 radical (unpaired) electrons. The zero-order chi connectivity index (χ0) is 25.7. The van der Waals surface area contributed by atoms with E-state index in [0.717, 1.165) is 38.5 Å². The van der Waals surface area contributed by atoms with Gasteiger partial charge in [0.1, 0.15) is 17.4 Å². The predicted octanol–water partition coefficient (Wildman–Crippen LogP) is 7.01. The van der Waals surface area contributed by atoms with Gasteiger partial charge in [0.05, 0.1) is 6.04 Å². The fraction of sp³-hybridized carbons (Fsp3) is 0.857. The van der Waals surface area contributed by atoms with E-state index in [-0.39, 0.29) is 17.5 Å². The molecule has 34 heavy (non-hydrogen) atoms. The Labute approximate surface area is 207 Å². The fourth-order valence-electron chi connectivity index (χ4n) is 5.27. The molecule has 1 saturated heterocycles. The molecule has 2 fully saturated rings. The van der Waals surface area contributed by atoms with Crippen LogP contribution in [0.1, 0.15) is 113 Å². The van der Waals surface area contributed by atoms with Crippen LogP contribution in [-0.4, -0.2) is 46.5 Å². The van der Waals surface area contributed by atoms with Gasteiger partial charge in [-0.1, -0.05) is 59.0 Å². The Bertz CT molecular complexity index is 697. The molecule has 1 aliphatic heterocycles. The normalized spacial score (nSPS) is 24.5. The maximum Gasteiger partial charge on any atom is 0.412 e. The lowest BCUT2D eigenvalue weighted by Crippen LogP contribution is -2.51. The van der Waals surface area contributed by atoms with E-state index in [1.807, 2.05) is 40.7 Å². The summed E-state index contributed by atoms with van der Waals surface area (Å²) in [5.41, 5.74) is -1.58. The van der Waals surface area contributed by atoms with Gasteiger partial charge >= 0.3 is 12.1 Å². The van der Waals surface area contributed by atoms with Crippen LogP contribution in [0, 0.1) is 11.3 Å². The summed E-state index contributed by atoms with van der Waals surface area (Å²) in [5.74, 6) is 0.0841. The molecule has 6 nitrogen and oxygen atoms in total. The average molecular weight is 480 g/mol. The Morgan fingerprint density at radius 1 is 1.12 bits per heavy atom.